The van der Waals surface area contributed by atoms with Crippen LogP contribution in [0.3, 0.4) is 0 Å². The van der Waals surface area contributed by atoms with Crippen molar-refractivity contribution in [2.24, 2.45) is 0 Å². The molecule has 25 heavy (non-hydrogen) atoms. The zero-order chi connectivity index (χ0) is 17.4. The lowest BCUT2D eigenvalue weighted by Crippen LogP contribution is -2.06. The number of aromatic nitrogens is 1. The Morgan fingerprint density at radius 1 is 0.800 bits per heavy atom. The van der Waals surface area contributed by atoms with Crippen molar-refractivity contribution < 1.29 is 9.72 Å². The summed E-state index contributed by atoms with van der Waals surface area (Å²) >= 11 is 0. The molecule has 0 fully saturated rings. The molecule has 120 valence electrons. The van der Waals surface area contributed by atoms with Crippen LogP contribution in [0.15, 0.2) is 72.8 Å². The Bertz CT molecular complexity index is 1130. The highest BCUT2D eigenvalue weighted by atomic mass is 16.6. The summed E-state index contributed by atoms with van der Waals surface area (Å²) in [6, 6.07) is 20.9. The van der Waals surface area contributed by atoms with Gasteiger partial charge in [0, 0.05) is 28.5 Å². The van der Waals surface area contributed by atoms with Gasteiger partial charge in [0.1, 0.15) is 5.69 Å². The molecule has 5 heteroatoms. The third kappa shape index (κ3) is 2.52. The second-order valence-corrected chi connectivity index (χ2v) is 5.66. The van der Waals surface area contributed by atoms with E-state index < -0.39 is 4.92 Å². The summed E-state index contributed by atoms with van der Waals surface area (Å²) in [7, 11) is 0. The first-order valence-corrected chi connectivity index (χ1v) is 7.72. The maximum atomic E-state index is 13.0. The van der Waals surface area contributed by atoms with E-state index in [0.29, 0.717) is 11.3 Å². The van der Waals surface area contributed by atoms with Crippen molar-refractivity contribution in [3.63, 3.8) is 0 Å². The van der Waals surface area contributed by atoms with E-state index >= 15 is 0 Å². The highest BCUT2D eigenvalue weighted by molar-refractivity contribution is 6.19. The number of fused-ring (bicyclic) bond motifs is 3. The molecular weight excluding hydrogens is 316 g/mol. The van der Waals surface area contributed by atoms with Crippen molar-refractivity contribution in [2.75, 3.05) is 0 Å². The molecule has 3 aromatic carbocycles. The molecule has 0 radical (unpaired) electrons. The van der Waals surface area contributed by atoms with Crippen LogP contribution in [0, 0.1) is 10.1 Å². The van der Waals surface area contributed by atoms with E-state index in [1.807, 2.05) is 48.5 Å². The first kappa shape index (κ1) is 15.0. The van der Waals surface area contributed by atoms with Crippen molar-refractivity contribution in [3.05, 3.63) is 94.2 Å². The third-order valence-electron chi connectivity index (χ3n) is 4.16. The summed E-state index contributed by atoms with van der Waals surface area (Å²) in [6.07, 6.45) is 0. The SMILES string of the molecule is O=C(c1ccc([N+](=O)[O-])cc1)c1nc2ccccc2c2ccccc12. The zero-order valence-corrected chi connectivity index (χ0v) is 13.0. The summed E-state index contributed by atoms with van der Waals surface area (Å²) in [5, 5.41) is 13.5. The van der Waals surface area contributed by atoms with E-state index in [1.165, 1.54) is 24.3 Å². The largest absolute Gasteiger partial charge is 0.287 e. The van der Waals surface area contributed by atoms with Gasteiger partial charge in [-0.25, -0.2) is 4.98 Å². The normalized spacial score (nSPS) is 10.9. The molecule has 0 spiro atoms. The highest BCUT2D eigenvalue weighted by Gasteiger charge is 2.17. The minimum Gasteiger partial charge on any atom is -0.287 e. The number of nitro benzene ring substituents is 1. The van der Waals surface area contributed by atoms with Crippen LogP contribution in [0.1, 0.15) is 16.1 Å². The predicted molar refractivity (Wildman–Crippen MR) is 95.8 cm³/mol. The number of benzene rings is 3. The number of nitrogens with zero attached hydrogens (tertiary/aromatic N) is 2. The van der Waals surface area contributed by atoms with Gasteiger partial charge in [0.15, 0.2) is 0 Å². The molecule has 5 nitrogen and oxygen atoms in total. The van der Waals surface area contributed by atoms with Crippen LogP contribution < -0.4 is 0 Å². The number of nitro groups is 1. The molecule has 0 aliphatic rings. The molecule has 4 aromatic rings. The monoisotopic (exact) mass is 328 g/mol. The molecule has 4 rings (SSSR count). The average molecular weight is 328 g/mol. The molecule has 0 atom stereocenters. The van der Waals surface area contributed by atoms with Gasteiger partial charge in [0.25, 0.3) is 5.69 Å². The van der Waals surface area contributed by atoms with Gasteiger partial charge in [-0.15, -0.1) is 0 Å². The van der Waals surface area contributed by atoms with Crippen molar-refractivity contribution in [2.45, 2.75) is 0 Å². The summed E-state index contributed by atoms with van der Waals surface area (Å²) < 4.78 is 0. The van der Waals surface area contributed by atoms with Crippen molar-refractivity contribution in [3.8, 4) is 0 Å². The second kappa shape index (κ2) is 5.79. The van der Waals surface area contributed by atoms with Gasteiger partial charge in [0.2, 0.25) is 5.78 Å². The fraction of sp³-hybridized carbons (Fsp3) is 0. The van der Waals surface area contributed by atoms with Crippen LogP contribution in [-0.4, -0.2) is 15.7 Å². The van der Waals surface area contributed by atoms with Gasteiger partial charge < -0.3 is 0 Å². The number of non-ortho nitro benzene ring substituents is 1. The van der Waals surface area contributed by atoms with Crippen molar-refractivity contribution >= 4 is 33.1 Å². The molecule has 0 aliphatic heterocycles. The predicted octanol–water partition coefficient (Wildman–Crippen LogP) is 4.53. The first-order valence-electron chi connectivity index (χ1n) is 7.72. The van der Waals surface area contributed by atoms with E-state index in [2.05, 4.69) is 4.98 Å². The standard InChI is InChI=1S/C20H12N2O3/c23-20(13-9-11-14(12-10-13)22(24)25)19-17-7-2-1-5-15(17)16-6-3-4-8-18(16)21-19/h1-12H. The number of pyridine rings is 1. The molecule has 0 amide bonds. The summed E-state index contributed by atoms with van der Waals surface area (Å²) in [5.41, 5.74) is 1.42. The lowest BCUT2D eigenvalue weighted by atomic mass is 9.99. The molecule has 0 N–H and O–H groups in total. The summed E-state index contributed by atoms with van der Waals surface area (Å²) in [4.78, 5) is 27.8. The molecule has 1 aromatic heterocycles. The van der Waals surface area contributed by atoms with Gasteiger partial charge in [-0.2, -0.15) is 0 Å². The van der Waals surface area contributed by atoms with Gasteiger partial charge in [0.05, 0.1) is 10.4 Å². The Kier molecular flexibility index (Phi) is 3.47. The van der Waals surface area contributed by atoms with Crippen LogP contribution in [0.2, 0.25) is 0 Å². The number of hydrogen-bond acceptors (Lipinski definition) is 4. The summed E-state index contributed by atoms with van der Waals surface area (Å²) in [5.74, 6) is -0.253. The Morgan fingerprint density at radius 2 is 1.40 bits per heavy atom. The number of para-hydroxylation sites is 1. The zero-order valence-electron chi connectivity index (χ0n) is 13.0. The number of carbonyl (C=O) groups excluding carboxylic acids is 1. The van der Waals surface area contributed by atoms with E-state index in [0.717, 1.165) is 21.7 Å². The smallest absolute Gasteiger partial charge is 0.269 e. The van der Waals surface area contributed by atoms with E-state index in [-0.39, 0.29) is 11.5 Å². The van der Waals surface area contributed by atoms with Crippen molar-refractivity contribution in [1.82, 2.24) is 4.98 Å². The molecule has 0 bridgehead atoms. The quantitative estimate of drug-likeness (QED) is 0.240. The minimum absolute atomic E-state index is 0.0483. The molecule has 0 aliphatic carbocycles. The number of hydrogen-bond donors (Lipinski definition) is 0. The lowest BCUT2D eigenvalue weighted by Gasteiger charge is -2.09. The van der Waals surface area contributed by atoms with Gasteiger partial charge in [-0.05, 0) is 23.6 Å². The van der Waals surface area contributed by atoms with Crippen LogP contribution in [-0.2, 0) is 0 Å². The number of rotatable bonds is 3. The molecule has 0 saturated heterocycles. The van der Waals surface area contributed by atoms with Crippen LogP contribution in [0.5, 0.6) is 0 Å². The average Bonchev–Trinajstić information content (AvgIpc) is 2.67. The maximum Gasteiger partial charge on any atom is 0.269 e. The van der Waals surface area contributed by atoms with Crippen LogP contribution in [0.4, 0.5) is 5.69 Å². The first-order chi connectivity index (χ1) is 12.1. The lowest BCUT2D eigenvalue weighted by molar-refractivity contribution is -0.384. The Labute approximate surface area is 142 Å². The van der Waals surface area contributed by atoms with Crippen molar-refractivity contribution in [1.29, 1.82) is 0 Å². The third-order valence-corrected chi connectivity index (χ3v) is 4.16. The molecule has 0 saturated carbocycles. The maximum absolute atomic E-state index is 13.0. The highest BCUT2D eigenvalue weighted by Crippen LogP contribution is 2.27. The topological polar surface area (TPSA) is 73.1 Å². The fourth-order valence-corrected chi connectivity index (χ4v) is 2.95. The van der Waals surface area contributed by atoms with E-state index in [1.54, 1.807) is 0 Å². The Morgan fingerprint density at radius 3 is 2.08 bits per heavy atom. The molecular formula is C20H12N2O3. The van der Waals surface area contributed by atoms with Crippen LogP contribution in [0.25, 0.3) is 21.7 Å². The number of carbonyl (C=O) groups is 1. The van der Waals surface area contributed by atoms with Gasteiger partial charge >= 0.3 is 0 Å². The minimum atomic E-state index is -0.488. The van der Waals surface area contributed by atoms with Gasteiger partial charge in [-0.3, -0.25) is 14.9 Å². The molecule has 1 heterocycles. The van der Waals surface area contributed by atoms with Gasteiger partial charge in [-0.1, -0.05) is 42.5 Å². The van der Waals surface area contributed by atoms with Crippen LogP contribution >= 0.6 is 0 Å². The molecule has 0 unspecified atom stereocenters. The second-order valence-electron chi connectivity index (χ2n) is 5.66. The fourth-order valence-electron chi connectivity index (χ4n) is 2.95. The summed E-state index contributed by atoms with van der Waals surface area (Å²) in [6.45, 7) is 0. The number of ketones is 1. The van der Waals surface area contributed by atoms with E-state index in [4.69, 9.17) is 0 Å². The van der Waals surface area contributed by atoms with E-state index in [9.17, 15) is 14.9 Å². The Hall–Kier alpha value is -3.60. The Balaban J connectivity index is 1.92.